The van der Waals surface area contributed by atoms with Crippen molar-refractivity contribution in [2.45, 2.75) is 37.5 Å². The summed E-state index contributed by atoms with van der Waals surface area (Å²) in [6.07, 6.45) is 5.32. The minimum atomic E-state index is 0.0378. The van der Waals surface area contributed by atoms with Crippen LogP contribution in [0.25, 0.3) is 0 Å². The molecule has 3 nitrogen and oxygen atoms in total. The standard InChI is InChI=1S/C10H24N2OSi/c11-5-7-12-6-3-9-14-10-4-1-2-8-13-10/h10,12H,1-9,11,14H2. The Kier molecular flexibility index (Phi) is 7.31. The molecule has 0 spiro atoms. The van der Waals surface area contributed by atoms with Crippen molar-refractivity contribution in [1.29, 1.82) is 0 Å². The maximum Gasteiger partial charge on any atom is 0.0556 e. The molecule has 0 aromatic carbocycles. The van der Waals surface area contributed by atoms with Gasteiger partial charge in [0.15, 0.2) is 0 Å². The Morgan fingerprint density at radius 1 is 1.36 bits per heavy atom. The highest BCUT2D eigenvalue weighted by Gasteiger charge is 2.12. The zero-order valence-corrected chi connectivity index (χ0v) is 10.5. The molecule has 0 bridgehead atoms. The smallest absolute Gasteiger partial charge is 0.0556 e. The zero-order chi connectivity index (χ0) is 10.1. The van der Waals surface area contributed by atoms with Gasteiger partial charge in [0, 0.05) is 25.4 Å². The first kappa shape index (κ1) is 12.2. The summed E-state index contributed by atoms with van der Waals surface area (Å²) < 4.78 is 5.73. The van der Waals surface area contributed by atoms with Gasteiger partial charge in [-0.3, -0.25) is 0 Å². The van der Waals surface area contributed by atoms with Gasteiger partial charge in [0.1, 0.15) is 0 Å². The van der Waals surface area contributed by atoms with Crippen molar-refractivity contribution in [2.24, 2.45) is 5.73 Å². The van der Waals surface area contributed by atoms with Gasteiger partial charge in [0.2, 0.25) is 0 Å². The monoisotopic (exact) mass is 216 g/mol. The van der Waals surface area contributed by atoms with Crippen LogP contribution in [0.1, 0.15) is 25.7 Å². The lowest BCUT2D eigenvalue weighted by Crippen LogP contribution is -2.27. The predicted octanol–water partition coefficient (Wildman–Crippen LogP) is 0.0385. The average molecular weight is 216 g/mol. The minimum Gasteiger partial charge on any atom is -0.382 e. The van der Waals surface area contributed by atoms with E-state index in [0.717, 1.165) is 26.2 Å². The van der Waals surface area contributed by atoms with Gasteiger partial charge in [0.05, 0.1) is 9.52 Å². The molecule has 1 atom stereocenters. The normalized spacial score (nSPS) is 23.4. The van der Waals surface area contributed by atoms with Crippen LogP contribution in [0.15, 0.2) is 0 Å². The third-order valence-electron chi connectivity index (χ3n) is 2.72. The van der Waals surface area contributed by atoms with E-state index >= 15 is 0 Å². The van der Waals surface area contributed by atoms with Crippen LogP contribution in [-0.2, 0) is 4.74 Å². The van der Waals surface area contributed by atoms with Crippen molar-refractivity contribution in [1.82, 2.24) is 5.32 Å². The number of rotatable bonds is 7. The Morgan fingerprint density at radius 3 is 3.00 bits per heavy atom. The second kappa shape index (κ2) is 8.41. The zero-order valence-electron chi connectivity index (χ0n) is 9.13. The third-order valence-corrected chi connectivity index (χ3v) is 4.92. The molecule has 0 saturated carbocycles. The summed E-state index contributed by atoms with van der Waals surface area (Å²) in [5.74, 6) is 0. The summed E-state index contributed by atoms with van der Waals surface area (Å²) in [7, 11) is 0.0378. The van der Waals surface area contributed by atoms with Gasteiger partial charge in [-0.1, -0.05) is 6.04 Å². The van der Waals surface area contributed by atoms with E-state index < -0.39 is 0 Å². The van der Waals surface area contributed by atoms with E-state index in [1.807, 2.05) is 0 Å². The molecular formula is C10H24N2OSi. The van der Waals surface area contributed by atoms with Gasteiger partial charge in [-0.05, 0) is 32.2 Å². The summed E-state index contributed by atoms with van der Waals surface area (Å²) in [6.45, 7) is 3.87. The van der Waals surface area contributed by atoms with Crippen molar-refractivity contribution < 1.29 is 4.74 Å². The highest BCUT2D eigenvalue weighted by molar-refractivity contribution is 6.37. The highest BCUT2D eigenvalue weighted by Crippen LogP contribution is 2.12. The number of ether oxygens (including phenoxy) is 1. The quantitative estimate of drug-likeness (QED) is 0.467. The van der Waals surface area contributed by atoms with Crippen LogP contribution in [0.3, 0.4) is 0 Å². The van der Waals surface area contributed by atoms with Gasteiger partial charge in [-0.2, -0.15) is 0 Å². The molecule has 1 heterocycles. The molecule has 1 saturated heterocycles. The SMILES string of the molecule is NCCNCCC[SiH2]C1CCCCO1. The molecule has 4 heteroatoms. The summed E-state index contributed by atoms with van der Waals surface area (Å²) >= 11 is 0. The number of nitrogens with one attached hydrogen (secondary N) is 1. The molecular weight excluding hydrogens is 192 g/mol. The minimum absolute atomic E-state index is 0.0378. The van der Waals surface area contributed by atoms with Gasteiger partial charge < -0.3 is 15.8 Å². The molecule has 0 aliphatic carbocycles. The van der Waals surface area contributed by atoms with E-state index in [-0.39, 0.29) is 9.52 Å². The van der Waals surface area contributed by atoms with Crippen molar-refractivity contribution in [3.05, 3.63) is 0 Å². The Morgan fingerprint density at radius 2 is 2.29 bits per heavy atom. The summed E-state index contributed by atoms with van der Waals surface area (Å²) in [6, 6.07) is 1.42. The third kappa shape index (κ3) is 5.75. The van der Waals surface area contributed by atoms with Crippen molar-refractivity contribution >= 4 is 9.52 Å². The van der Waals surface area contributed by atoms with Crippen LogP contribution in [0, 0.1) is 0 Å². The van der Waals surface area contributed by atoms with Crippen LogP contribution in [0.5, 0.6) is 0 Å². The molecule has 1 fully saturated rings. The van der Waals surface area contributed by atoms with Crippen LogP contribution in [0.2, 0.25) is 6.04 Å². The van der Waals surface area contributed by atoms with E-state index in [0.29, 0.717) is 5.73 Å². The molecule has 0 aromatic heterocycles. The van der Waals surface area contributed by atoms with Crippen LogP contribution >= 0.6 is 0 Å². The molecule has 84 valence electrons. The summed E-state index contributed by atoms with van der Waals surface area (Å²) in [4.78, 5) is 0. The maximum absolute atomic E-state index is 5.73. The first-order valence-electron chi connectivity index (χ1n) is 5.96. The fourth-order valence-electron chi connectivity index (χ4n) is 1.88. The molecule has 1 rings (SSSR count). The number of hydrogen-bond donors (Lipinski definition) is 2. The topological polar surface area (TPSA) is 47.3 Å². The lowest BCUT2D eigenvalue weighted by Gasteiger charge is -2.22. The van der Waals surface area contributed by atoms with E-state index in [4.69, 9.17) is 10.5 Å². The lowest BCUT2D eigenvalue weighted by atomic mass is 10.2. The average Bonchev–Trinajstić information content (AvgIpc) is 2.25. The molecule has 1 aliphatic rings. The molecule has 1 unspecified atom stereocenters. The molecule has 3 N–H and O–H groups in total. The number of hydrogen-bond acceptors (Lipinski definition) is 3. The van der Waals surface area contributed by atoms with Gasteiger partial charge in [-0.15, -0.1) is 0 Å². The van der Waals surface area contributed by atoms with E-state index in [9.17, 15) is 0 Å². The maximum atomic E-state index is 5.73. The van der Waals surface area contributed by atoms with E-state index in [1.165, 1.54) is 31.7 Å². The first-order chi connectivity index (χ1) is 6.93. The van der Waals surface area contributed by atoms with Crippen molar-refractivity contribution in [3.63, 3.8) is 0 Å². The molecule has 0 amide bonds. The Hall–Kier alpha value is 0.0969. The molecule has 14 heavy (non-hydrogen) atoms. The largest absolute Gasteiger partial charge is 0.382 e. The fraction of sp³-hybridized carbons (Fsp3) is 1.00. The van der Waals surface area contributed by atoms with E-state index in [1.54, 1.807) is 0 Å². The van der Waals surface area contributed by atoms with Crippen molar-refractivity contribution in [2.75, 3.05) is 26.2 Å². The second-order valence-electron chi connectivity index (χ2n) is 4.02. The van der Waals surface area contributed by atoms with Crippen LogP contribution < -0.4 is 11.1 Å². The fourth-order valence-corrected chi connectivity index (χ4v) is 3.79. The Balaban J connectivity index is 1.82. The Bertz CT molecular complexity index is 129. The Labute approximate surface area is 89.6 Å². The van der Waals surface area contributed by atoms with Crippen LogP contribution in [-0.4, -0.2) is 41.5 Å². The van der Waals surface area contributed by atoms with Gasteiger partial charge in [-0.25, -0.2) is 0 Å². The molecule has 1 aliphatic heterocycles. The number of nitrogens with two attached hydrogens (primary N) is 1. The van der Waals surface area contributed by atoms with Crippen molar-refractivity contribution in [3.8, 4) is 0 Å². The van der Waals surface area contributed by atoms with Gasteiger partial charge in [0.25, 0.3) is 0 Å². The van der Waals surface area contributed by atoms with Crippen LogP contribution in [0.4, 0.5) is 0 Å². The molecule has 0 aromatic rings. The molecule has 0 radical (unpaired) electrons. The summed E-state index contributed by atoms with van der Waals surface area (Å²) in [5, 5.41) is 3.33. The lowest BCUT2D eigenvalue weighted by molar-refractivity contribution is 0.0650. The highest BCUT2D eigenvalue weighted by atomic mass is 28.2. The summed E-state index contributed by atoms with van der Waals surface area (Å²) in [5.41, 5.74) is 6.08. The van der Waals surface area contributed by atoms with E-state index in [2.05, 4.69) is 5.32 Å². The first-order valence-corrected chi connectivity index (χ1v) is 7.77. The van der Waals surface area contributed by atoms with Gasteiger partial charge >= 0.3 is 0 Å². The predicted molar refractivity (Wildman–Crippen MR) is 63.5 cm³/mol. The second-order valence-corrected chi connectivity index (χ2v) is 6.22.